The number of carbonyl (C=O) groups is 1. The van der Waals surface area contributed by atoms with E-state index in [2.05, 4.69) is 17.6 Å². The molecule has 0 aliphatic carbocycles. The van der Waals surface area contributed by atoms with E-state index in [1.165, 1.54) is 0 Å². The fraction of sp³-hybridized carbons (Fsp3) is 0.562. The minimum absolute atomic E-state index is 0.115. The van der Waals surface area contributed by atoms with Gasteiger partial charge in [0.1, 0.15) is 5.60 Å². The van der Waals surface area contributed by atoms with Gasteiger partial charge in [0.05, 0.1) is 6.10 Å². The predicted octanol–water partition coefficient (Wildman–Crippen LogP) is 3.87. The van der Waals surface area contributed by atoms with Crippen molar-refractivity contribution in [1.82, 2.24) is 0 Å². The molecule has 0 saturated heterocycles. The number of methoxy groups -OCH3 is 1. The smallest absolute Gasteiger partial charge is 0.412 e. The van der Waals surface area contributed by atoms with Crippen LogP contribution in [0.2, 0.25) is 0 Å². The van der Waals surface area contributed by atoms with Crippen molar-refractivity contribution in [3.05, 3.63) is 24.3 Å². The molecule has 0 aromatic heterocycles. The fourth-order valence-electron chi connectivity index (χ4n) is 1.66. The summed E-state index contributed by atoms with van der Waals surface area (Å²) in [5, 5.41) is 6.04. The third kappa shape index (κ3) is 6.49. The molecule has 0 spiro atoms. The Hall–Kier alpha value is -1.75. The van der Waals surface area contributed by atoms with Gasteiger partial charge in [-0.25, -0.2) is 4.79 Å². The summed E-state index contributed by atoms with van der Waals surface area (Å²) in [7, 11) is 1.69. The summed E-state index contributed by atoms with van der Waals surface area (Å²) in [6, 6.07) is 7.67. The molecule has 0 fully saturated rings. The number of ether oxygens (including phenoxy) is 2. The number of amides is 1. The number of hydrogen-bond donors (Lipinski definition) is 2. The molecule has 0 heterocycles. The molecular weight excluding hydrogens is 268 g/mol. The molecule has 118 valence electrons. The molecule has 5 nitrogen and oxygen atoms in total. The molecule has 2 unspecified atom stereocenters. The Morgan fingerprint density at radius 1 is 1.10 bits per heavy atom. The Morgan fingerprint density at radius 2 is 1.62 bits per heavy atom. The molecule has 0 saturated carbocycles. The zero-order valence-electron chi connectivity index (χ0n) is 13.7. The Kier molecular flexibility index (Phi) is 6.03. The first-order valence-corrected chi connectivity index (χ1v) is 7.10. The fourth-order valence-corrected chi connectivity index (χ4v) is 1.66. The van der Waals surface area contributed by atoms with Crippen molar-refractivity contribution in [3.63, 3.8) is 0 Å². The Morgan fingerprint density at radius 3 is 2.10 bits per heavy atom. The lowest BCUT2D eigenvalue weighted by molar-refractivity contribution is 0.0636. The molecule has 2 atom stereocenters. The highest BCUT2D eigenvalue weighted by Gasteiger charge is 2.16. The van der Waals surface area contributed by atoms with E-state index in [1.54, 1.807) is 7.11 Å². The van der Waals surface area contributed by atoms with Gasteiger partial charge in [-0.1, -0.05) is 0 Å². The van der Waals surface area contributed by atoms with E-state index in [0.29, 0.717) is 5.69 Å². The van der Waals surface area contributed by atoms with E-state index in [1.807, 2.05) is 52.0 Å². The average Bonchev–Trinajstić information content (AvgIpc) is 2.37. The van der Waals surface area contributed by atoms with Gasteiger partial charge in [-0.15, -0.1) is 0 Å². The lowest BCUT2D eigenvalue weighted by Gasteiger charge is -2.21. The van der Waals surface area contributed by atoms with Crippen LogP contribution in [0.3, 0.4) is 0 Å². The van der Waals surface area contributed by atoms with Gasteiger partial charge in [0.15, 0.2) is 0 Å². The van der Waals surface area contributed by atoms with Gasteiger partial charge < -0.3 is 14.8 Å². The van der Waals surface area contributed by atoms with Crippen LogP contribution in [0, 0.1) is 0 Å². The molecule has 1 rings (SSSR count). The summed E-state index contributed by atoms with van der Waals surface area (Å²) in [5.41, 5.74) is 1.17. The van der Waals surface area contributed by atoms with Gasteiger partial charge in [0.25, 0.3) is 0 Å². The second-order valence-electron chi connectivity index (χ2n) is 6.08. The van der Waals surface area contributed by atoms with E-state index in [0.717, 1.165) is 5.69 Å². The molecular formula is C16H26N2O3. The number of benzene rings is 1. The average molecular weight is 294 g/mol. The van der Waals surface area contributed by atoms with Crippen LogP contribution in [-0.2, 0) is 9.47 Å². The molecule has 0 radical (unpaired) electrons. The van der Waals surface area contributed by atoms with Crippen LogP contribution in [-0.4, -0.2) is 30.9 Å². The van der Waals surface area contributed by atoms with Gasteiger partial charge in [-0.2, -0.15) is 0 Å². The molecule has 1 aromatic carbocycles. The number of carbonyl (C=O) groups excluding carboxylic acids is 1. The first-order valence-electron chi connectivity index (χ1n) is 7.10. The van der Waals surface area contributed by atoms with Crippen molar-refractivity contribution < 1.29 is 14.3 Å². The van der Waals surface area contributed by atoms with Crippen molar-refractivity contribution >= 4 is 17.5 Å². The first-order chi connectivity index (χ1) is 9.71. The molecule has 1 aromatic rings. The molecule has 1 amide bonds. The van der Waals surface area contributed by atoms with E-state index in [4.69, 9.17) is 9.47 Å². The topological polar surface area (TPSA) is 59.6 Å². The Labute approximate surface area is 127 Å². The SMILES string of the molecule is COC(C)C(C)Nc1ccc(NC(=O)OC(C)(C)C)cc1. The Bertz CT molecular complexity index is 452. The third-order valence-electron chi connectivity index (χ3n) is 3.00. The number of anilines is 2. The van der Waals surface area contributed by atoms with Gasteiger partial charge in [0.2, 0.25) is 0 Å². The standard InChI is InChI=1S/C16H26N2O3/c1-11(12(2)20-6)17-13-7-9-14(10-8-13)18-15(19)21-16(3,4)5/h7-12,17H,1-6H3,(H,18,19). The summed E-state index contributed by atoms with van der Waals surface area (Å²) >= 11 is 0. The quantitative estimate of drug-likeness (QED) is 0.865. The summed E-state index contributed by atoms with van der Waals surface area (Å²) < 4.78 is 10.5. The van der Waals surface area contributed by atoms with Crippen molar-refractivity contribution in [2.45, 2.75) is 52.4 Å². The molecule has 5 heteroatoms. The van der Waals surface area contributed by atoms with Crippen LogP contribution in [0.1, 0.15) is 34.6 Å². The molecule has 0 bridgehead atoms. The lowest BCUT2D eigenvalue weighted by atomic mass is 10.2. The van der Waals surface area contributed by atoms with Crippen molar-refractivity contribution in [2.75, 3.05) is 17.7 Å². The summed E-state index contributed by atoms with van der Waals surface area (Å²) in [6.45, 7) is 9.56. The maximum Gasteiger partial charge on any atom is 0.412 e. The normalized spacial score (nSPS) is 14.2. The van der Waals surface area contributed by atoms with Crippen molar-refractivity contribution in [3.8, 4) is 0 Å². The largest absolute Gasteiger partial charge is 0.444 e. The molecule has 21 heavy (non-hydrogen) atoms. The third-order valence-corrected chi connectivity index (χ3v) is 3.00. The van der Waals surface area contributed by atoms with E-state index in [-0.39, 0.29) is 12.1 Å². The zero-order chi connectivity index (χ0) is 16.0. The van der Waals surface area contributed by atoms with Crippen LogP contribution in [0.4, 0.5) is 16.2 Å². The molecule has 0 aliphatic heterocycles. The summed E-state index contributed by atoms with van der Waals surface area (Å²) in [6.07, 6.45) is -0.339. The highest BCUT2D eigenvalue weighted by molar-refractivity contribution is 5.85. The summed E-state index contributed by atoms with van der Waals surface area (Å²) in [4.78, 5) is 11.7. The van der Waals surface area contributed by atoms with E-state index in [9.17, 15) is 4.79 Å². The maximum atomic E-state index is 11.7. The highest BCUT2D eigenvalue weighted by Crippen LogP contribution is 2.17. The second kappa shape index (κ2) is 7.31. The number of rotatable bonds is 5. The minimum Gasteiger partial charge on any atom is -0.444 e. The number of hydrogen-bond acceptors (Lipinski definition) is 4. The van der Waals surface area contributed by atoms with Crippen LogP contribution in [0.5, 0.6) is 0 Å². The Balaban J connectivity index is 2.56. The van der Waals surface area contributed by atoms with Crippen LogP contribution < -0.4 is 10.6 Å². The lowest BCUT2D eigenvalue weighted by Crippen LogP contribution is -2.29. The monoisotopic (exact) mass is 294 g/mol. The maximum absolute atomic E-state index is 11.7. The molecule has 2 N–H and O–H groups in total. The number of nitrogens with one attached hydrogen (secondary N) is 2. The van der Waals surface area contributed by atoms with Gasteiger partial charge in [-0.05, 0) is 58.9 Å². The van der Waals surface area contributed by atoms with Crippen LogP contribution >= 0.6 is 0 Å². The van der Waals surface area contributed by atoms with Crippen LogP contribution in [0.25, 0.3) is 0 Å². The van der Waals surface area contributed by atoms with E-state index < -0.39 is 11.7 Å². The minimum atomic E-state index is -0.503. The highest BCUT2D eigenvalue weighted by atomic mass is 16.6. The van der Waals surface area contributed by atoms with Crippen molar-refractivity contribution in [2.24, 2.45) is 0 Å². The van der Waals surface area contributed by atoms with Gasteiger partial charge in [-0.3, -0.25) is 5.32 Å². The van der Waals surface area contributed by atoms with E-state index >= 15 is 0 Å². The predicted molar refractivity (Wildman–Crippen MR) is 85.9 cm³/mol. The molecule has 0 aliphatic rings. The van der Waals surface area contributed by atoms with Crippen LogP contribution in [0.15, 0.2) is 24.3 Å². The van der Waals surface area contributed by atoms with Gasteiger partial charge >= 0.3 is 6.09 Å². The zero-order valence-corrected chi connectivity index (χ0v) is 13.7. The first kappa shape index (κ1) is 17.3. The van der Waals surface area contributed by atoms with Gasteiger partial charge in [0, 0.05) is 24.5 Å². The summed E-state index contributed by atoms with van der Waals surface area (Å²) in [5.74, 6) is 0. The van der Waals surface area contributed by atoms with Crippen molar-refractivity contribution in [1.29, 1.82) is 0 Å². The second-order valence-corrected chi connectivity index (χ2v) is 6.08.